The van der Waals surface area contributed by atoms with Crippen LogP contribution in [0.4, 0.5) is 0 Å². The van der Waals surface area contributed by atoms with Crippen molar-refractivity contribution in [2.45, 2.75) is 33.0 Å². The molecule has 0 spiro atoms. The predicted octanol–water partition coefficient (Wildman–Crippen LogP) is 2.75. The van der Waals surface area contributed by atoms with Gasteiger partial charge in [-0.25, -0.2) is 4.98 Å². The first-order valence-corrected chi connectivity index (χ1v) is 8.82. The smallest absolute Gasteiger partial charge is 0.213 e. The number of nitrogens with one attached hydrogen (secondary N) is 2. The second-order valence-electron chi connectivity index (χ2n) is 6.13. The van der Waals surface area contributed by atoms with Gasteiger partial charge in [0, 0.05) is 44.0 Å². The lowest BCUT2D eigenvalue weighted by Crippen LogP contribution is -2.36. The van der Waals surface area contributed by atoms with Crippen molar-refractivity contribution in [3.63, 3.8) is 0 Å². The van der Waals surface area contributed by atoms with E-state index in [2.05, 4.69) is 20.6 Å². The number of hydrogen-bond donors (Lipinski definition) is 2. The molecule has 2 aromatic rings. The lowest BCUT2D eigenvalue weighted by molar-refractivity contribution is 0.232. The second-order valence-corrected chi connectivity index (χ2v) is 6.13. The minimum Gasteiger partial charge on any atom is -0.497 e. The third-order valence-corrected chi connectivity index (χ3v) is 3.78. The van der Waals surface area contributed by atoms with Crippen LogP contribution in [0.5, 0.6) is 17.4 Å². The van der Waals surface area contributed by atoms with Crippen LogP contribution in [0, 0.1) is 0 Å². The molecule has 1 aromatic carbocycles. The minimum absolute atomic E-state index is 0.111. The molecule has 2 N–H and O–H groups in total. The maximum Gasteiger partial charge on any atom is 0.213 e. The lowest BCUT2D eigenvalue weighted by atomic mass is 10.2. The second kappa shape index (κ2) is 10.3. The summed E-state index contributed by atoms with van der Waals surface area (Å²) < 4.78 is 16.2. The van der Waals surface area contributed by atoms with Crippen molar-refractivity contribution in [1.82, 2.24) is 15.6 Å². The molecule has 0 amide bonds. The van der Waals surface area contributed by atoms with Crippen LogP contribution in [-0.2, 0) is 13.1 Å². The number of nitrogens with zero attached hydrogens (tertiary/aromatic N) is 2. The molecule has 0 saturated carbocycles. The molecule has 0 unspecified atom stereocenters. The Morgan fingerprint density at radius 1 is 1.07 bits per heavy atom. The highest BCUT2D eigenvalue weighted by molar-refractivity contribution is 5.79. The first kappa shape index (κ1) is 20.4. The molecule has 0 bridgehead atoms. The van der Waals surface area contributed by atoms with E-state index in [1.54, 1.807) is 27.5 Å². The zero-order valence-electron chi connectivity index (χ0n) is 16.6. The van der Waals surface area contributed by atoms with Gasteiger partial charge in [0.05, 0.1) is 20.3 Å². The lowest BCUT2D eigenvalue weighted by Gasteiger charge is -2.14. The Balaban J connectivity index is 1.89. The molecule has 7 heteroatoms. The van der Waals surface area contributed by atoms with Gasteiger partial charge in [-0.05, 0) is 31.5 Å². The van der Waals surface area contributed by atoms with Crippen LogP contribution in [0.3, 0.4) is 0 Å². The van der Waals surface area contributed by atoms with Crippen LogP contribution in [0.2, 0.25) is 0 Å². The Hall–Kier alpha value is -2.96. The molecule has 27 heavy (non-hydrogen) atoms. The van der Waals surface area contributed by atoms with Gasteiger partial charge in [-0.2, -0.15) is 0 Å². The van der Waals surface area contributed by atoms with Gasteiger partial charge in [-0.15, -0.1) is 0 Å². The van der Waals surface area contributed by atoms with Crippen LogP contribution in [-0.4, -0.2) is 38.3 Å². The first-order chi connectivity index (χ1) is 13.0. The van der Waals surface area contributed by atoms with Gasteiger partial charge in [-0.3, -0.25) is 4.99 Å². The molecule has 1 heterocycles. The molecular formula is C20H28N4O3. The van der Waals surface area contributed by atoms with Crippen molar-refractivity contribution in [2.24, 2.45) is 4.99 Å². The van der Waals surface area contributed by atoms with Crippen molar-refractivity contribution < 1.29 is 14.2 Å². The van der Waals surface area contributed by atoms with E-state index < -0.39 is 0 Å². The van der Waals surface area contributed by atoms with E-state index in [1.165, 1.54) is 0 Å². The largest absolute Gasteiger partial charge is 0.497 e. The average Bonchev–Trinajstić information content (AvgIpc) is 2.68. The van der Waals surface area contributed by atoms with Gasteiger partial charge in [0.25, 0.3) is 0 Å². The van der Waals surface area contributed by atoms with Crippen molar-refractivity contribution in [3.05, 3.63) is 47.7 Å². The Labute approximate surface area is 160 Å². The first-order valence-electron chi connectivity index (χ1n) is 8.82. The van der Waals surface area contributed by atoms with E-state index >= 15 is 0 Å². The standard InChI is InChI=1S/C20H28N4O3/c1-14(2)27-19-9-6-15(11-22-19)12-23-20(21-3)24-13-16-7-8-17(25-4)10-18(16)26-5/h6-11,14H,12-13H2,1-5H3,(H2,21,23,24). The van der Waals surface area contributed by atoms with E-state index in [9.17, 15) is 0 Å². The summed E-state index contributed by atoms with van der Waals surface area (Å²) in [6.07, 6.45) is 1.91. The Bertz CT molecular complexity index is 745. The highest BCUT2D eigenvalue weighted by atomic mass is 16.5. The topological polar surface area (TPSA) is 77.0 Å². The quantitative estimate of drug-likeness (QED) is 0.548. The van der Waals surface area contributed by atoms with Crippen LogP contribution < -0.4 is 24.8 Å². The highest BCUT2D eigenvalue weighted by Gasteiger charge is 2.07. The zero-order valence-corrected chi connectivity index (χ0v) is 16.6. The van der Waals surface area contributed by atoms with E-state index in [0.29, 0.717) is 24.9 Å². The van der Waals surface area contributed by atoms with Crippen molar-refractivity contribution >= 4 is 5.96 Å². The van der Waals surface area contributed by atoms with Gasteiger partial charge >= 0.3 is 0 Å². The molecular weight excluding hydrogens is 344 g/mol. The zero-order chi connectivity index (χ0) is 19.6. The van der Waals surface area contributed by atoms with Crippen molar-refractivity contribution in [3.8, 4) is 17.4 Å². The van der Waals surface area contributed by atoms with Gasteiger partial charge in [0.1, 0.15) is 11.5 Å². The number of ether oxygens (including phenoxy) is 3. The van der Waals surface area contributed by atoms with E-state index in [1.807, 2.05) is 44.2 Å². The summed E-state index contributed by atoms with van der Waals surface area (Å²) in [5, 5.41) is 6.55. The number of methoxy groups -OCH3 is 2. The van der Waals surface area contributed by atoms with E-state index in [0.717, 1.165) is 22.6 Å². The average molecular weight is 372 g/mol. The maximum atomic E-state index is 5.55. The van der Waals surface area contributed by atoms with Crippen LogP contribution in [0.25, 0.3) is 0 Å². The van der Waals surface area contributed by atoms with E-state index in [-0.39, 0.29) is 6.10 Å². The Morgan fingerprint density at radius 2 is 1.85 bits per heavy atom. The molecule has 0 radical (unpaired) electrons. The SMILES string of the molecule is CN=C(NCc1ccc(OC(C)C)nc1)NCc1ccc(OC)cc1OC. The number of rotatable bonds is 8. The fourth-order valence-electron chi connectivity index (χ4n) is 2.41. The number of guanidine groups is 1. The van der Waals surface area contributed by atoms with Gasteiger partial charge < -0.3 is 24.8 Å². The third-order valence-electron chi connectivity index (χ3n) is 3.78. The molecule has 2 rings (SSSR count). The highest BCUT2D eigenvalue weighted by Crippen LogP contribution is 2.24. The molecule has 146 valence electrons. The number of aromatic nitrogens is 1. The molecule has 0 atom stereocenters. The molecule has 1 aromatic heterocycles. The van der Waals surface area contributed by atoms with Gasteiger partial charge in [0.2, 0.25) is 5.88 Å². The van der Waals surface area contributed by atoms with E-state index in [4.69, 9.17) is 14.2 Å². The normalized spacial score (nSPS) is 11.3. The van der Waals surface area contributed by atoms with Crippen molar-refractivity contribution in [1.29, 1.82) is 0 Å². The van der Waals surface area contributed by atoms with Gasteiger partial charge in [0.15, 0.2) is 5.96 Å². The molecule has 0 aliphatic heterocycles. The van der Waals surface area contributed by atoms with Crippen LogP contribution in [0.15, 0.2) is 41.5 Å². The van der Waals surface area contributed by atoms with Crippen molar-refractivity contribution in [2.75, 3.05) is 21.3 Å². The number of aliphatic imine (C=N–C) groups is 1. The Kier molecular flexibility index (Phi) is 7.73. The molecule has 7 nitrogen and oxygen atoms in total. The Morgan fingerprint density at radius 3 is 2.44 bits per heavy atom. The van der Waals surface area contributed by atoms with Crippen LogP contribution >= 0.6 is 0 Å². The summed E-state index contributed by atoms with van der Waals surface area (Å²) >= 11 is 0. The fraction of sp³-hybridized carbons (Fsp3) is 0.400. The summed E-state index contributed by atoms with van der Waals surface area (Å²) in [7, 11) is 5.01. The maximum absolute atomic E-state index is 5.55. The van der Waals surface area contributed by atoms with Crippen LogP contribution in [0.1, 0.15) is 25.0 Å². The molecule has 0 aliphatic carbocycles. The third kappa shape index (κ3) is 6.36. The summed E-state index contributed by atoms with van der Waals surface area (Å²) in [5.74, 6) is 2.84. The predicted molar refractivity (Wildman–Crippen MR) is 107 cm³/mol. The summed E-state index contributed by atoms with van der Waals surface area (Å²) in [4.78, 5) is 8.55. The fourth-order valence-corrected chi connectivity index (χ4v) is 2.41. The number of benzene rings is 1. The number of hydrogen-bond acceptors (Lipinski definition) is 5. The number of pyridine rings is 1. The monoisotopic (exact) mass is 372 g/mol. The summed E-state index contributed by atoms with van der Waals surface area (Å²) in [6.45, 7) is 5.13. The molecule has 0 fully saturated rings. The minimum atomic E-state index is 0.111. The van der Waals surface area contributed by atoms with Gasteiger partial charge in [-0.1, -0.05) is 6.07 Å². The molecule has 0 saturated heterocycles. The molecule has 0 aliphatic rings. The summed E-state index contributed by atoms with van der Waals surface area (Å²) in [5.41, 5.74) is 2.05. The summed E-state index contributed by atoms with van der Waals surface area (Å²) in [6, 6.07) is 9.59.